The Morgan fingerprint density at radius 3 is 2.35 bits per heavy atom. The highest BCUT2D eigenvalue weighted by Crippen LogP contribution is 2.20. The first-order chi connectivity index (χ1) is 8.05. The first kappa shape index (κ1) is 12.6. The Hall–Kier alpha value is -0.840. The first-order valence-electron chi connectivity index (χ1n) is 5.53. The van der Waals surface area contributed by atoms with Crippen LogP contribution in [-0.4, -0.2) is 19.0 Å². The average Bonchev–Trinajstić information content (AvgIpc) is 2.30. The van der Waals surface area contributed by atoms with Gasteiger partial charge in [0.25, 0.3) is 0 Å². The predicted octanol–water partition coefficient (Wildman–Crippen LogP) is 3.53. The van der Waals surface area contributed by atoms with E-state index >= 15 is 0 Å². The second-order valence-corrected chi connectivity index (χ2v) is 5.35. The van der Waals surface area contributed by atoms with Crippen molar-refractivity contribution < 1.29 is 9.47 Å². The molecule has 1 heterocycles. The molecule has 1 fully saturated rings. The van der Waals surface area contributed by atoms with Crippen molar-refractivity contribution in [2.75, 3.05) is 18.5 Å². The summed E-state index contributed by atoms with van der Waals surface area (Å²) < 4.78 is 12.2. The Kier molecular flexibility index (Phi) is 3.86. The van der Waals surface area contributed by atoms with E-state index < -0.39 is 5.79 Å². The van der Waals surface area contributed by atoms with Crippen LogP contribution in [-0.2, 0) is 9.47 Å². The number of ether oxygens (including phenoxy) is 2. The molecule has 4 heteroatoms. The minimum atomic E-state index is -0.463. The molecule has 0 spiro atoms. The van der Waals surface area contributed by atoms with Gasteiger partial charge in [-0.3, -0.25) is 0 Å². The average molecular weight is 298 g/mol. The second-order valence-electron chi connectivity index (χ2n) is 4.43. The summed E-state index contributed by atoms with van der Waals surface area (Å²) in [4.78, 5) is 0. The van der Waals surface area contributed by atoms with Gasteiger partial charge in [-0.2, -0.15) is 0 Å². The van der Waals surface area contributed by atoms with Crippen molar-refractivity contribution in [3.8, 4) is 0 Å². The molecular weight excluding hydrogens is 282 g/mol. The maximum absolute atomic E-state index is 5.55. The molecule has 1 saturated heterocycles. The SMILES string of the molecule is CC1(C)OCC(=CNc2ccc(Br)cc2)CO1. The molecule has 1 aliphatic heterocycles. The summed E-state index contributed by atoms with van der Waals surface area (Å²) in [5.74, 6) is -0.463. The number of anilines is 1. The fourth-order valence-electron chi connectivity index (χ4n) is 1.43. The first-order valence-corrected chi connectivity index (χ1v) is 6.32. The smallest absolute Gasteiger partial charge is 0.163 e. The van der Waals surface area contributed by atoms with Crippen molar-refractivity contribution in [1.29, 1.82) is 0 Å². The quantitative estimate of drug-likeness (QED) is 0.906. The van der Waals surface area contributed by atoms with Crippen molar-refractivity contribution in [2.24, 2.45) is 0 Å². The molecule has 3 nitrogen and oxygen atoms in total. The summed E-state index contributed by atoms with van der Waals surface area (Å²) in [6.45, 7) is 5.06. The van der Waals surface area contributed by atoms with E-state index in [1.807, 2.05) is 44.3 Å². The van der Waals surface area contributed by atoms with Crippen LogP contribution < -0.4 is 5.32 Å². The van der Waals surface area contributed by atoms with E-state index in [9.17, 15) is 0 Å². The van der Waals surface area contributed by atoms with E-state index in [0.717, 1.165) is 15.7 Å². The number of nitrogens with one attached hydrogen (secondary N) is 1. The summed E-state index contributed by atoms with van der Waals surface area (Å²) in [6.07, 6.45) is 1.94. The van der Waals surface area contributed by atoms with Crippen molar-refractivity contribution in [2.45, 2.75) is 19.6 Å². The largest absolute Gasteiger partial charge is 0.362 e. The van der Waals surface area contributed by atoms with Crippen LogP contribution in [0.1, 0.15) is 13.8 Å². The van der Waals surface area contributed by atoms with Crippen LogP contribution in [0.25, 0.3) is 0 Å². The molecule has 0 atom stereocenters. The van der Waals surface area contributed by atoms with E-state index in [4.69, 9.17) is 9.47 Å². The molecule has 0 amide bonds. The van der Waals surface area contributed by atoms with Crippen LogP contribution in [0.2, 0.25) is 0 Å². The van der Waals surface area contributed by atoms with E-state index in [1.165, 1.54) is 0 Å². The highest BCUT2D eigenvalue weighted by molar-refractivity contribution is 9.10. The van der Waals surface area contributed by atoms with Gasteiger partial charge in [0.15, 0.2) is 5.79 Å². The number of hydrogen-bond donors (Lipinski definition) is 1. The molecule has 0 radical (unpaired) electrons. The van der Waals surface area contributed by atoms with E-state index in [0.29, 0.717) is 13.2 Å². The lowest BCUT2D eigenvalue weighted by Gasteiger charge is -2.31. The molecule has 1 aromatic rings. The van der Waals surface area contributed by atoms with Gasteiger partial charge in [0.2, 0.25) is 0 Å². The minimum absolute atomic E-state index is 0.463. The summed E-state index contributed by atoms with van der Waals surface area (Å²) in [5.41, 5.74) is 2.15. The fourth-order valence-corrected chi connectivity index (χ4v) is 1.70. The van der Waals surface area contributed by atoms with Crippen molar-refractivity contribution >= 4 is 21.6 Å². The molecule has 1 aliphatic rings. The topological polar surface area (TPSA) is 30.5 Å². The Bertz CT molecular complexity index is 400. The van der Waals surface area contributed by atoms with Gasteiger partial charge in [-0.1, -0.05) is 15.9 Å². The lowest BCUT2D eigenvalue weighted by molar-refractivity contribution is -0.225. The third-order valence-electron chi connectivity index (χ3n) is 2.50. The van der Waals surface area contributed by atoms with Crippen LogP contribution in [0.5, 0.6) is 0 Å². The maximum Gasteiger partial charge on any atom is 0.163 e. The normalized spacial score (nSPS) is 18.9. The number of rotatable bonds is 2. The van der Waals surface area contributed by atoms with E-state index in [1.54, 1.807) is 0 Å². The van der Waals surface area contributed by atoms with Gasteiger partial charge in [-0.25, -0.2) is 0 Å². The summed E-state index contributed by atoms with van der Waals surface area (Å²) >= 11 is 3.40. The monoisotopic (exact) mass is 297 g/mol. The highest BCUT2D eigenvalue weighted by atomic mass is 79.9. The molecule has 0 saturated carbocycles. The second kappa shape index (κ2) is 5.21. The molecular formula is C13H16BrNO2. The standard InChI is InChI=1S/C13H16BrNO2/c1-13(2)16-8-10(9-17-13)7-15-12-5-3-11(14)4-6-12/h3-7,15H,8-9H2,1-2H3. The zero-order valence-electron chi connectivity index (χ0n) is 10.00. The minimum Gasteiger partial charge on any atom is -0.362 e. The van der Waals surface area contributed by atoms with Crippen LogP contribution in [0, 0.1) is 0 Å². The molecule has 0 bridgehead atoms. The molecule has 1 N–H and O–H groups in total. The molecule has 1 aromatic carbocycles. The zero-order chi connectivity index (χ0) is 12.3. The Labute approximate surface area is 110 Å². The van der Waals surface area contributed by atoms with Crippen LogP contribution in [0.4, 0.5) is 5.69 Å². The van der Waals surface area contributed by atoms with Gasteiger partial charge in [-0.15, -0.1) is 0 Å². The number of halogens is 1. The molecule has 0 aliphatic carbocycles. The fraction of sp³-hybridized carbons (Fsp3) is 0.385. The zero-order valence-corrected chi connectivity index (χ0v) is 11.6. The van der Waals surface area contributed by atoms with E-state index in [-0.39, 0.29) is 0 Å². The summed E-state index contributed by atoms with van der Waals surface area (Å²) in [7, 11) is 0. The van der Waals surface area contributed by atoms with Crippen molar-refractivity contribution in [1.82, 2.24) is 0 Å². The Morgan fingerprint density at radius 1 is 1.18 bits per heavy atom. The summed E-state index contributed by atoms with van der Waals surface area (Å²) in [6, 6.07) is 8.01. The Morgan fingerprint density at radius 2 is 1.76 bits per heavy atom. The number of benzene rings is 1. The van der Waals surface area contributed by atoms with E-state index in [2.05, 4.69) is 21.2 Å². The third kappa shape index (κ3) is 3.84. The van der Waals surface area contributed by atoms with Gasteiger partial charge in [0, 0.05) is 16.4 Å². The molecule has 17 heavy (non-hydrogen) atoms. The van der Waals surface area contributed by atoms with Gasteiger partial charge < -0.3 is 14.8 Å². The lowest BCUT2D eigenvalue weighted by Crippen LogP contribution is -2.35. The van der Waals surface area contributed by atoms with Crippen LogP contribution in [0.3, 0.4) is 0 Å². The predicted molar refractivity (Wildman–Crippen MR) is 71.8 cm³/mol. The molecule has 2 rings (SSSR count). The van der Waals surface area contributed by atoms with Crippen molar-refractivity contribution in [3.63, 3.8) is 0 Å². The van der Waals surface area contributed by atoms with Gasteiger partial charge in [0.05, 0.1) is 13.2 Å². The molecule has 0 aromatic heterocycles. The third-order valence-corrected chi connectivity index (χ3v) is 3.03. The maximum atomic E-state index is 5.55. The number of hydrogen-bond acceptors (Lipinski definition) is 3. The van der Waals surface area contributed by atoms with Crippen LogP contribution >= 0.6 is 15.9 Å². The molecule has 92 valence electrons. The summed E-state index contributed by atoms with van der Waals surface area (Å²) in [5, 5.41) is 3.23. The van der Waals surface area contributed by atoms with Gasteiger partial charge in [0.1, 0.15) is 0 Å². The van der Waals surface area contributed by atoms with Gasteiger partial charge in [-0.05, 0) is 43.7 Å². The lowest BCUT2D eigenvalue weighted by atomic mass is 10.2. The highest BCUT2D eigenvalue weighted by Gasteiger charge is 2.24. The molecule has 0 unspecified atom stereocenters. The van der Waals surface area contributed by atoms with Crippen molar-refractivity contribution in [3.05, 3.63) is 40.5 Å². The van der Waals surface area contributed by atoms with Crippen LogP contribution in [0.15, 0.2) is 40.5 Å². The van der Waals surface area contributed by atoms with Gasteiger partial charge >= 0.3 is 0 Å². The Balaban J connectivity index is 1.91.